The van der Waals surface area contributed by atoms with Crippen molar-refractivity contribution in [2.75, 3.05) is 19.6 Å². The Morgan fingerprint density at radius 3 is 2.47 bits per heavy atom. The number of hydrogen-bond acceptors (Lipinski definition) is 2. The van der Waals surface area contributed by atoms with Crippen LogP contribution in [0.4, 0.5) is 0 Å². The summed E-state index contributed by atoms with van der Waals surface area (Å²) in [6.45, 7) is 4.19. The number of piperidine rings is 1. The van der Waals surface area contributed by atoms with E-state index in [1.807, 2.05) is 0 Å². The number of rotatable bonds is 3. The fraction of sp³-hybridized carbons (Fsp3) is 0.562. The Balaban J connectivity index is 0.000000141. The molecular formula is C16H22ClNO. The standard InChI is InChI=1S/C9H17N.C7H5ClO/c1-2-6-10(7-3-1)8-9-4-5-9;8-7-3-1-2-6(4-7)5-9/h9H,1-8H2;1-5H. The third-order valence-corrected chi connectivity index (χ3v) is 3.88. The van der Waals surface area contributed by atoms with Gasteiger partial charge in [0.25, 0.3) is 0 Å². The van der Waals surface area contributed by atoms with E-state index in [1.165, 1.54) is 51.7 Å². The number of carbonyl (C=O) groups excluding carboxylic acids is 1. The van der Waals surface area contributed by atoms with Crippen LogP contribution in [-0.4, -0.2) is 30.8 Å². The molecule has 1 heterocycles. The van der Waals surface area contributed by atoms with Crippen LogP contribution in [0, 0.1) is 5.92 Å². The van der Waals surface area contributed by atoms with E-state index >= 15 is 0 Å². The first kappa shape index (κ1) is 14.5. The molecule has 0 atom stereocenters. The molecule has 19 heavy (non-hydrogen) atoms. The van der Waals surface area contributed by atoms with Gasteiger partial charge in [-0.15, -0.1) is 0 Å². The molecule has 0 spiro atoms. The molecule has 0 aromatic heterocycles. The molecule has 1 aliphatic heterocycles. The lowest BCUT2D eigenvalue weighted by atomic mass is 10.1. The molecule has 0 N–H and O–H groups in total. The van der Waals surface area contributed by atoms with Crippen LogP contribution in [0.1, 0.15) is 42.5 Å². The third kappa shape index (κ3) is 5.75. The number of aldehydes is 1. The van der Waals surface area contributed by atoms with Crippen molar-refractivity contribution in [1.29, 1.82) is 0 Å². The van der Waals surface area contributed by atoms with Crippen LogP contribution in [0.2, 0.25) is 5.02 Å². The SMILES string of the molecule is C1CCN(CC2CC2)CC1.O=Cc1cccc(Cl)c1. The first-order chi connectivity index (χ1) is 9.28. The molecule has 0 radical (unpaired) electrons. The van der Waals surface area contributed by atoms with Gasteiger partial charge in [0.2, 0.25) is 0 Å². The lowest BCUT2D eigenvalue weighted by molar-refractivity contribution is 0.112. The summed E-state index contributed by atoms with van der Waals surface area (Å²) in [7, 11) is 0. The van der Waals surface area contributed by atoms with Crippen LogP contribution < -0.4 is 0 Å². The summed E-state index contributed by atoms with van der Waals surface area (Å²) in [4.78, 5) is 12.8. The van der Waals surface area contributed by atoms with Crippen molar-refractivity contribution in [2.45, 2.75) is 32.1 Å². The zero-order valence-corrected chi connectivity index (χ0v) is 12.1. The molecule has 0 bridgehead atoms. The van der Waals surface area contributed by atoms with Crippen molar-refractivity contribution in [1.82, 2.24) is 4.90 Å². The highest BCUT2D eigenvalue weighted by molar-refractivity contribution is 6.30. The highest BCUT2D eigenvalue weighted by Crippen LogP contribution is 2.30. The molecule has 0 amide bonds. The molecule has 2 fully saturated rings. The van der Waals surface area contributed by atoms with Crippen molar-refractivity contribution >= 4 is 17.9 Å². The molecule has 1 aliphatic carbocycles. The summed E-state index contributed by atoms with van der Waals surface area (Å²) in [5.41, 5.74) is 0.613. The van der Waals surface area contributed by atoms with Crippen molar-refractivity contribution in [3.8, 4) is 0 Å². The summed E-state index contributed by atoms with van der Waals surface area (Å²) in [5.74, 6) is 1.10. The number of hydrogen-bond donors (Lipinski definition) is 0. The Labute approximate surface area is 120 Å². The number of benzene rings is 1. The number of halogens is 1. The van der Waals surface area contributed by atoms with Crippen LogP contribution in [0.15, 0.2) is 24.3 Å². The largest absolute Gasteiger partial charge is 0.303 e. The van der Waals surface area contributed by atoms with Crippen molar-refractivity contribution in [2.24, 2.45) is 5.92 Å². The maximum atomic E-state index is 10.1. The molecule has 2 aliphatic rings. The summed E-state index contributed by atoms with van der Waals surface area (Å²) >= 11 is 5.56. The average molecular weight is 280 g/mol. The van der Waals surface area contributed by atoms with Gasteiger partial charge in [-0.25, -0.2) is 0 Å². The molecule has 1 aromatic carbocycles. The monoisotopic (exact) mass is 279 g/mol. The van der Waals surface area contributed by atoms with E-state index in [2.05, 4.69) is 4.90 Å². The lowest BCUT2D eigenvalue weighted by Crippen LogP contribution is -2.31. The minimum absolute atomic E-state index is 0.597. The van der Waals surface area contributed by atoms with Gasteiger partial charge in [-0.05, 0) is 56.8 Å². The Morgan fingerprint density at radius 1 is 1.21 bits per heavy atom. The van der Waals surface area contributed by atoms with Crippen molar-refractivity contribution in [3.63, 3.8) is 0 Å². The van der Waals surface area contributed by atoms with E-state index in [9.17, 15) is 4.79 Å². The Kier molecular flexibility index (Phi) is 5.87. The van der Waals surface area contributed by atoms with Gasteiger partial charge in [-0.3, -0.25) is 4.79 Å². The molecule has 1 aromatic rings. The maximum absolute atomic E-state index is 10.1. The molecule has 3 heteroatoms. The topological polar surface area (TPSA) is 20.3 Å². The smallest absolute Gasteiger partial charge is 0.150 e. The predicted molar refractivity (Wildman–Crippen MR) is 79.9 cm³/mol. The fourth-order valence-corrected chi connectivity index (χ4v) is 2.59. The van der Waals surface area contributed by atoms with Crippen LogP contribution >= 0.6 is 11.6 Å². The molecule has 3 rings (SSSR count). The Bertz CT molecular complexity index is 397. The summed E-state index contributed by atoms with van der Waals surface area (Å²) < 4.78 is 0. The molecule has 0 unspecified atom stereocenters. The summed E-state index contributed by atoms with van der Waals surface area (Å²) in [6.07, 6.45) is 8.17. The van der Waals surface area contributed by atoms with Gasteiger partial charge in [0.15, 0.2) is 0 Å². The summed E-state index contributed by atoms with van der Waals surface area (Å²) in [6, 6.07) is 6.80. The first-order valence-electron chi connectivity index (χ1n) is 7.21. The van der Waals surface area contributed by atoms with Crippen molar-refractivity contribution < 1.29 is 4.79 Å². The summed E-state index contributed by atoms with van der Waals surface area (Å²) in [5, 5.41) is 0.597. The normalized spacial score (nSPS) is 19.4. The second-order valence-corrected chi connectivity index (χ2v) is 5.91. The van der Waals surface area contributed by atoms with E-state index in [0.29, 0.717) is 10.6 Å². The van der Waals surface area contributed by atoms with E-state index in [-0.39, 0.29) is 0 Å². The molecule has 1 saturated carbocycles. The minimum atomic E-state index is 0.597. The van der Waals surface area contributed by atoms with E-state index < -0.39 is 0 Å². The molecule has 2 nitrogen and oxygen atoms in total. The predicted octanol–water partition coefficient (Wildman–Crippen LogP) is 4.03. The molecule has 104 valence electrons. The number of likely N-dealkylation sites (tertiary alicyclic amines) is 1. The fourth-order valence-electron chi connectivity index (χ4n) is 2.39. The van der Waals surface area contributed by atoms with Gasteiger partial charge >= 0.3 is 0 Å². The molecular weight excluding hydrogens is 258 g/mol. The highest BCUT2D eigenvalue weighted by Gasteiger charge is 2.24. The quantitative estimate of drug-likeness (QED) is 0.779. The van der Waals surface area contributed by atoms with E-state index in [4.69, 9.17) is 11.6 Å². The van der Waals surface area contributed by atoms with Crippen LogP contribution in [-0.2, 0) is 0 Å². The second-order valence-electron chi connectivity index (χ2n) is 5.48. The lowest BCUT2D eigenvalue weighted by Gasteiger charge is -2.26. The van der Waals surface area contributed by atoms with Crippen LogP contribution in [0.25, 0.3) is 0 Å². The van der Waals surface area contributed by atoms with Gasteiger partial charge in [-0.1, -0.05) is 30.2 Å². The van der Waals surface area contributed by atoms with Crippen molar-refractivity contribution in [3.05, 3.63) is 34.9 Å². The zero-order chi connectivity index (χ0) is 13.5. The minimum Gasteiger partial charge on any atom is -0.303 e. The second kappa shape index (κ2) is 7.66. The molecule has 1 saturated heterocycles. The van der Waals surface area contributed by atoms with Gasteiger partial charge in [-0.2, -0.15) is 0 Å². The van der Waals surface area contributed by atoms with Crippen LogP contribution in [0.5, 0.6) is 0 Å². The first-order valence-corrected chi connectivity index (χ1v) is 7.59. The van der Waals surface area contributed by atoms with Gasteiger partial charge in [0, 0.05) is 17.1 Å². The highest BCUT2D eigenvalue weighted by atomic mass is 35.5. The van der Waals surface area contributed by atoms with Gasteiger partial charge < -0.3 is 4.90 Å². The third-order valence-electron chi connectivity index (χ3n) is 3.65. The Hall–Kier alpha value is -0.860. The van der Waals surface area contributed by atoms with E-state index in [1.54, 1.807) is 24.3 Å². The van der Waals surface area contributed by atoms with Gasteiger partial charge in [0.1, 0.15) is 6.29 Å². The average Bonchev–Trinajstić information content (AvgIpc) is 3.24. The zero-order valence-electron chi connectivity index (χ0n) is 11.4. The number of nitrogens with zero attached hydrogens (tertiary/aromatic N) is 1. The van der Waals surface area contributed by atoms with E-state index in [0.717, 1.165) is 12.2 Å². The number of carbonyl (C=O) groups is 1. The van der Waals surface area contributed by atoms with Gasteiger partial charge in [0.05, 0.1) is 0 Å². The Morgan fingerprint density at radius 2 is 1.95 bits per heavy atom. The maximum Gasteiger partial charge on any atom is 0.150 e. The van der Waals surface area contributed by atoms with Crippen LogP contribution in [0.3, 0.4) is 0 Å².